The zero-order valence-corrected chi connectivity index (χ0v) is 10.7. The van der Waals surface area contributed by atoms with Gasteiger partial charge in [-0.05, 0) is 53.1 Å². The fourth-order valence-electron chi connectivity index (χ4n) is 1.90. The Balaban J connectivity index is 1.98. The van der Waals surface area contributed by atoms with E-state index >= 15 is 0 Å². The predicted molar refractivity (Wildman–Crippen MR) is 67.8 cm³/mol. The first-order chi connectivity index (χ1) is 7.25. The molecule has 0 saturated carbocycles. The van der Waals surface area contributed by atoms with Gasteiger partial charge < -0.3 is 9.84 Å². The summed E-state index contributed by atoms with van der Waals surface area (Å²) in [6.07, 6.45) is 1.49. The molecule has 2 atom stereocenters. The highest BCUT2D eigenvalue weighted by Crippen LogP contribution is 2.20. The molecule has 2 unspecified atom stereocenters. The first-order valence-electron chi connectivity index (χ1n) is 5.26. The molecule has 0 spiro atoms. The van der Waals surface area contributed by atoms with Crippen LogP contribution in [-0.2, 0) is 11.2 Å². The quantitative estimate of drug-likeness (QED) is 0.848. The fourth-order valence-corrected chi connectivity index (χ4v) is 2.26. The lowest BCUT2D eigenvalue weighted by Gasteiger charge is -2.27. The summed E-state index contributed by atoms with van der Waals surface area (Å²) in [5, 5.41) is 9.80. The maximum Gasteiger partial charge on any atom is 0.0615 e. The van der Waals surface area contributed by atoms with E-state index in [0.29, 0.717) is 13.2 Å². The standard InChI is InChI=1S/C12H15IO2/c13-11-3-1-9(2-4-11)7-10-8-15-6-5-12(10)14/h1-4,10,12,14H,5-8H2. The number of ether oxygens (including phenoxy) is 1. The summed E-state index contributed by atoms with van der Waals surface area (Å²) in [7, 11) is 0. The van der Waals surface area contributed by atoms with Crippen LogP contribution in [0, 0.1) is 9.49 Å². The fraction of sp³-hybridized carbons (Fsp3) is 0.500. The number of rotatable bonds is 2. The van der Waals surface area contributed by atoms with Crippen molar-refractivity contribution in [1.82, 2.24) is 0 Å². The zero-order valence-electron chi connectivity index (χ0n) is 8.53. The summed E-state index contributed by atoms with van der Waals surface area (Å²) in [5.74, 6) is 0.263. The molecular weight excluding hydrogens is 303 g/mol. The Labute approximate surface area is 104 Å². The Hall–Kier alpha value is -0.130. The summed E-state index contributed by atoms with van der Waals surface area (Å²) in [5.41, 5.74) is 1.28. The predicted octanol–water partition coefficient (Wildman–Crippen LogP) is 2.23. The van der Waals surface area contributed by atoms with Crippen molar-refractivity contribution < 1.29 is 9.84 Å². The SMILES string of the molecule is OC1CCOCC1Cc1ccc(I)cc1. The largest absolute Gasteiger partial charge is 0.393 e. The van der Waals surface area contributed by atoms with Crippen molar-refractivity contribution >= 4 is 22.6 Å². The molecule has 0 aromatic heterocycles. The van der Waals surface area contributed by atoms with Crippen molar-refractivity contribution in [2.45, 2.75) is 18.9 Å². The van der Waals surface area contributed by atoms with Crippen molar-refractivity contribution in [3.8, 4) is 0 Å². The molecule has 1 aromatic rings. The van der Waals surface area contributed by atoms with E-state index < -0.39 is 0 Å². The molecule has 1 aliphatic rings. The van der Waals surface area contributed by atoms with Crippen LogP contribution in [0.15, 0.2) is 24.3 Å². The van der Waals surface area contributed by atoms with E-state index in [0.717, 1.165) is 12.8 Å². The van der Waals surface area contributed by atoms with E-state index in [1.807, 2.05) is 0 Å². The molecule has 2 nitrogen and oxygen atoms in total. The highest BCUT2D eigenvalue weighted by atomic mass is 127. The van der Waals surface area contributed by atoms with Crippen LogP contribution in [0.2, 0.25) is 0 Å². The van der Waals surface area contributed by atoms with Gasteiger partial charge in [0.2, 0.25) is 0 Å². The summed E-state index contributed by atoms with van der Waals surface area (Å²) in [6.45, 7) is 1.39. The lowest BCUT2D eigenvalue weighted by molar-refractivity contribution is -0.0350. The van der Waals surface area contributed by atoms with Crippen molar-refractivity contribution in [3.05, 3.63) is 33.4 Å². The Morgan fingerprint density at radius 3 is 2.73 bits per heavy atom. The smallest absolute Gasteiger partial charge is 0.0615 e. The van der Waals surface area contributed by atoms with Crippen molar-refractivity contribution in [2.24, 2.45) is 5.92 Å². The number of hydrogen-bond acceptors (Lipinski definition) is 2. The van der Waals surface area contributed by atoms with E-state index in [4.69, 9.17) is 4.74 Å². The topological polar surface area (TPSA) is 29.5 Å². The molecule has 1 aliphatic heterocycles. The van der Waals surface area contributed by atoms with Gasteiger partial charge >= 0.3 is 0 Å². The van der Waals surface area contributed by atoms with E-state index in [1.165, 1.54) is 9.13 Å². The molecule has 1 saturated heterocycles. The van der Waals surface area contributed by atoms with Crippen molar-refractivity contribution in [3.63, 3.8) is 0 Å². The Morgan fingerprint density at radius 2 is 2.07 bits per heavy atom. The van der Waals surface area contributed by atoms with Crippen LogP contribution in [0.1, 0.15) is 12.0 Å². The van der Waals surface area contributed by atoms with E-state index in [1.54, 1.807) is 0 Å². The van der Waals surface area contributed by atoms with Gasteiger partial charge in [0.15, 0.2) is 0 Å². The average Bonchev–Trinajstić information content (AvgIpc) is 2.25. The number of aliphatic hydroxyl groups excluding tert-OH is 1. The summed E-state index contributed by atoms with van der Waals surface area (Å²) in [6, 6.07) is 8.46. The molecule has 3 heteroatoms. The van der Waals surface area contributed by atoms with Gasteiger partial charge in [-0.15, -0.1) is 0 Å². The molecular formula is C12H15IO2. The van der Waals surface area contributed by atoms with Crippen LogP contribution in [-0.4, -0.2) is 24.4 Å². The molecule has 0 bridgehead atoms. The molecule has 15 heavy (non-hydrogen) atoms. The van der Waals surface area contributed by atoms with E-state index in [9.17, 15) is 5.11 Å². The Morgan fingerprint density at radius 1 is 1.33 bits per heavy atom. The number of hydrogen-bond donors (Lipinski definition) is 1. The van der Waals surface area contributed by atoms with Gasteiger partial charge in [-0.25, -0.2) is 0 Å². The first kappa shape index (κ1) is 11.4. The number of halogens is 1. The van der Waals surface area contributed by atoms with Crippen LogP contribution in [0.5, 0.6) is 0 Å². The molecule has 2 rings (SSSR count). The van der Waals surface area contributed by atoms with E-state index in [-0.39, 0.29) is 12.0 Å². The molecule has 82 valence electrons. The summed E-state index contributed by atoms with van der Waals surface area (Å²) < 4.78 is 6.63. The van der Waals surface area contributed by atoms with Gasteiger partial charge in [0.25, 0.3) is 0 Å². The number of benzene rings is 1. The van der Waals surface area contributed by atoms with Crippen LogP contribution in [0.4, 0.5) is 0 Å². The minimum atomic E-state index is -0.196. The van der Waals surface area contributed by atoms with Crippen molar-refractivity contribution in [2.75, 3.05) is 13.2 Å². The Kier molecular flexibility index (Phi) is 3.99. The van der Waals surface area contributed by atoms with Crippen LogP contribution >= 0.6 is 22.6 Å². The first-order valence-corrected chi connectivity index (χ1v) is 6.34. The molecule has 1 fully saturated rings. The van der Waals surface area contributed by atoms with Gasteiger partial charge in [-0.2, -0.15) is 0 Å². The van der Waals surface area contributed by atoms with Gasteiger partial charge in [0.1, 0.15) is 0 Å². The third-order valence-corrected chi connectivity index (χ3v) is 3.56. The molecule has 0 aliphatic carbocycles. The Bertz CT molecular complexity index is 310. The molecule has 0 radical (unpaired) electrons. The lowest BCUT2D eigenvalue weighted by atomic mass is 9.92. The minimum absolute atomic E-state index is 0.196. The minimum Gasteiger partial charge on any atom is -0.393 e. The molecule has 1 heterocycles. The molecule has 1 N–H and O–H groups in total. The van der Waals surface area contributed by atoms with Crippen LogP contribution in [0.3, 0.4) is 0 Å². The van der Waals surface area contributed by atoms with Crippen molar-refractivity contribution in [1.29, 1.82) is 0 Å². The molecule has 0 amide bonds. The normalized spacial score (nSPS) is 26.5. The zero-order chi connectivity index (χ0) is 10.7. The van der Waals surface area contributed by atoms with Crippen LogP contribution < -0.4 is 0 Å². The summed E-state index contributed by atoms with van der Waals surface area (Å²) >= 11 is 2.30. The van der Waals surface area contributed by atoms with Gasteiger partial charge in [0.05, 0.1) is 12.7 Å². The second-order valence-electron chi connectivity index (χ2n) is 4.02. The summed E-state index contributed by atoms with van der Waals surface area (Å²) in [4.78, 5) is 0. The average molecular weight is 318 g/mol. The van der Waals surface area contributed by atoms with Crippen LogP contribution in [0.25, 0.3) is 0 Å². The molecule has 1 aromatic carbocycles. The lowest BCUT2D eigenvalue weighted by Crippen LogP contribution is -2.33. The third-order valence-electron chi connectivity index (χ3n) is 2.85. The highest BCUT2D eigenvalue weighted by Gasteiger charge is 2.23. The number of aliphatic hydroxyl groups is 1. The highest BCUT2D eigenvalue weighted by molar-refractivity contribution is 14.1. The second kappa shape index (κ2) is 5.27. The maximum atomic E-state index is 9.80. The van der Waals surface area contributed by atoms with E-state index in [2.05, 4.69) is 46.9 Å². The monoisotopic (exact) mass is 318 g/mol. The second-order valence-corrected chi connectivity index (χ2v) is 5.27. The van der Waals surface area contributed by atoms with Gasteiger partial charge in [-0.3, -0.25) is 0 Å². The maximum absolute atomic E-state index is 9.80. The van der Waals surface area contributed by atoms with Gasteiger partial charge in [0, 0.05) is 16.1 Å². The third kappa shape index (κ3) is 3.16. The van der Waals surface area contributed by atoms with Gasteiger partial charge in [-0.1, -0.05) is 12.1 Å².